The lowest BCUT2D eigenvalue weighted by atomic mass is 10.3. The number of fused-ring (bicyclic) bond motifs is 1. The third kappa shape index (κ3) is 1.92. The van der Waals surface area contributed by atoms with Gasteiger partial charge >= 0.3 is 0 Å². The number of nitrogens with two attached hydrogens (primary N) is 1. The largest absolute Gasteiger partial charge is 0.325 e. The van der Waals surface area contributed by atoms with Gasteiger partial charge in [-0.25, -0.2) is 9.67 Å². The van der Waals surface area contributed by atoms with Crippen molar-refractivity contribution >= 4 is 22.4 Å². The monoisotopic (exact) mass is 245 g/mol. The van der Waals surface area contributed by atoms with E-state index in [0.29, 0.717) is 13.1 Å². The van der Waals surface area contributed by atoms with Crippen molar-refractivity contribution in [1.29, 1.82) is 0 Å². The molecular formula is C11H11N5S. The van der Waals surface area contributed by atoms with Crippen LogP contribution in [-0.2, 0) is 13.1 Å². The molecular weight excluding hydrogens is 234 g/mol. The average Bonchev–Trinajstić information content (AvgIpc) is 2.97. The number of para-hydroxylation sites is 1. The van der Waals surface area contributed by atoms with Crippen LogP contribution >= 0.6 is 11.3 Å². The molecule has 0 aliphatic rings. The minimum absolute atomic E-state index is 0.489. The first-order valence-electron chi connectivity index (χ1n) is 5.28. The summed E-state index contributed by atoms with van der Waals surface area (Å²) in [4.78, 5) is 4.42. The Balaban J connectivity index is 1.94. The van der Waals surface area contributed by atoms with E-state index >= 15 is 0 Å². The molecule has 3 rings (SSSR count). The molecule has 0 bridgehead atoms. The van der Waals surface area contributed by atoms with E-state index in [1.165, 1.54) is 0 Å². The Morgan fingerprint density at radius 2 is 2.18 bits per heavy atom. The molecule has 5 nitrogen and oxygen atoms in total. The third-order valence-electron chi connectivity index (χ3n) is 2.51. The fourth-order valence-electron chi connectivity index (χ4n) is 1.70. The molecule has 0 radical (unpaired) electrons. The summed E-state index contributed by atoms with van der Waals surface area (Å²) in [5, 5.41) is 11.2. The smallest absolute Gasteiger partial charge is 0.113 e. The Hall–Kier alpha value is -1.79. The van der Waals surface area contributed by atoms with Gasteiger partial charge in [0.2, 0.25) is 0 Å². The highest BCUT2D eigenvalue weighted by atomic mass is 32.1. The molecule has 0 aliphatic carbocycles. The number of nitrogens with zero attached hydrogens (tertiary/aromatic N) is 4. The summed E-state index contributed by atoms with van der Waals surface area (Å²) in [5.41, 5.74) is 8.45. The lowest BCUT2D eigenvalue weighted by Crippen LogP contribution is -2.03. The zero-order valence-electron chi connectivity index (χ0n) is 9.08. The molecule has 0 atom stereocenters. The van der Waals surface area contributed by atoms with Gasteiger partial charge in [0.1, 0.15) is 10.5 Å². The van der Waals surface area contributed by atoms with E-state index in [-0.39, 0.29) is 0 Å². The van der Waals surface area contributed by atoms with Crippen LogP contribution in [0.2, 0.25) is 0 Å². The Morgan fingerprint density at radius 1 is 1.29 bits per heavy atom. The number of rotatable bonds is 3. The molecule has 0 fully saturated rings. The number of benzene rings is 1. The second-order valence-corrected chi connectivity index (χ2v) is 4.62. The maximum absolute atomic E-state index is 5.54. The molecule has 0 saturated carbocycles. The minimum Gasteiger partial charge on any atom is -0.325 e. The van der Waals surface area contributed by atoms with E-state index in [0.717, 1.165) is 21.7 Å². The van der Waals surface area contributed by atoms with Gasteiger partial charge in [-0.05, 0) is 12.1 Å². The van der Waals surface area contributed by atoms with Crippen LogP contribution in [-0.4, -0.2) is 20.0 Å². The quantitative estimate of drug-likeness (QED) is 0.757. The standard InChI is InChI=1S/C11H11N5S/c12-5-11-13-8(7-17-11)6-16-10-4-2-1-3-9(10)14-15-16/h1-4,7H,5-6,12H2. The highest BCUT2D eigenvalue weighted by Gasteiger charge is 2.06. The summed E-state index contributed by atoms with van der Waals surface area (Å²) in [5.74, 6) is 0. The number of hydrogen-bond acceptors (Lipinski definition) is 5. The third-order valence-corrected chi connectivity index (χ3v) is 3.43. The number of thiazole rings is 1. The SMILES string of the molecule is NCc1nc(Cn2nnc3ccccc32)cs1. The van der Waals surface area contributed by atoms with Crippen molar-refractivity contribution in [1.82, 2.24) is 20.0 Å². The Kier molecular flexibility index (Phi) is 2.58. The van der Waals surface area contributed by atoms with E-state index in [1.807, 2.05) is 34.3 Å². The lowest BCUT2D eigenvalue weighted by molar-refractivity contribution is 0.659. The minimum atomic E-state index is 0.489. The van der Waals surface area contributed by atoms with Crippen LogP contribution in [0.1, 0.15) is 10.7 Å². The number of aromatic nitrogens is 4. The molecule has 0 amide bonds. The van der Waals surface area contributed by atoms with Gasteiger partial charge in [0, 0.05) is 11.9 Å². The van der Waals surface area contributed by atoms with Gasteiger partial charge in [-0.15, -0.1) is 16.4 Å². The Bertz CT molecular complexity index is 642. The normalized spacial score (nSPS) is 11.1. The van der Waals surface area contributed by atoms with Gasteiger partial charge in [0.15, 0.2) is 0 Å². The highest BCUT2D eigenvalue weighted by Crippen LogP contribution is 2.14. The Morgan fingerprint density at radius 3 is 3.00 bits per heavy atom. The van der Waals surface area contributed by atoms with Crippen molar-refractivity contribution in [3.8, 4) is 0 Å². The first kappa shape index (κ1) is 10.4. The van der Waals surface area contributed by atoms with E-state index in [9.17, 15) is 0 Å². The molecule has 2 N–H and O–H groups in total. The molecule has 0 unspecified atom stereocenters. The Labute approximate surface area is 102 Å². The zero-order chi connectivity index (χ0) is 11.7. The van der Waals surface area contributed by atoms with Crippen LogP contribution in [0.3, 0.4) is 0 Å². The van der Waals surface area contributed by atoms with E-state index in [2.05, 4.69) is 15.3 Å². The molecule has 17 heavy (non-hydrogen) atoms. The molecule has 0 saturated heterocycles. The van der Waals surface area contributed by atoms with Crippen LogP contribution in [0, 0.1) is 0 Å². The van der Waals surface area contributed by atoms with Crippen molar-refractivity contribution in [3.63, 3.8) is 0 Å². The van der Waals surface area contributed by atoms with Crippen LogP contribution in [0.5, 0.6) is 0 Å². The van der Waals surface area contributed by atoms with Crippen LogP contribution in [0.4, 0.5) is 0 Å². The van der Waals surface area contributed by atoms with Crippen molar-refractivity contribution in [2.24, 2.45) is 5.73 Å². The fraction of sp³-hybridized carbons (Fsp3) is 0.182. The van der Waals surface area contributed by atoms with Gasteiger partial charge in [-0.3, -0.25) is 0 Å². The first-order valence-corrected chi connectivity index (χ1v) is 6.16. The topological polar surface area (TPSA) is 69.6 Å². The van der Waals surface area contributed by atoms with E-state index < -0.39 is 0 Å². The molecule has 2 heterocycles. The van der Waals surface area contributed by atoms with Gasteiger partial charge in [0.05, 0.1) is 17.8 Å². The van der Waals surface area contributed by atoms with Gasteiger partial charge < -0.3 is 5.73 Å². The lowest BCUT2D eigenvalue weighted by Gasteiger charge is -1.98. The molecule has 2 aromatic heterocycles. The molecule has 0 aliphatic heterocycles. The van der Waals surface area contributed by atoms with Crippen LogP contribution in [0.15, 0.2) is 29.6 Å². The van der Waals surface area contributed by atoms with Crippen LogP contribution < -0.4 is 5.73 Å². The van der Waals surface area contributed by atoms with Crippen molar-refractivity contribution in [3.05, 3.63) is 40.3 Å². The van der Waals surface area contributed by atoms with Gasteiger partial charge in [-0.2, -0.15) is 0 Å². The summed E-state index contributed by atoms with van der Waals surface area (Å²) < 4.78 is 1.85. The molecule has 0 spiro atoms. The summed E-state index contributed by atoms with van der Waals surface area (Å²) in [7, 11) is 0. The second-order valence-electron chi connectivity index (χ2n) is 3.67. The molecule has 6 heteroatoms. The van der Waals surface area contributed by atoms with Crippen molar-refractivity contribution in [2.45, 2.75) is 13.1 Å². The number of hydrogen-bond donors (Lipinski definition) is 1. The second kappa shape index (κ2) is 4.23. The predicted molar refractivity (Wildman–Crippen MR) is 66.6 cm³/mol. The fourth-order valence-corrected chi connectivity index (χ4v) is 2.37. The maximum Gasteiger partial charge on any atom is 0.113 e. The van der Waals surface area contributed by atoms with Crippen molar-refractivity contribution < 1.29 is 0 Å². The zero-order valence-corrected chi connectivity index (χ0v) is 9.89. The highest BCUT2D eigenvalue weighted by molar-refractivity contribution is 7.09. The predicted octanol–water partition coefficient (Wildman–Crippen LogP) is 1.39. The molecule has 86 valence electrons. The van der Waals surface area contributed by atoms with E-state index in [4.69, 9.17) is 5.73 Å². The van der Waals surface area contributed by atoms with Gasteiger partial charge in [-0.1, -0.05) is 17.3 Å². The summed E-state index contributed by atoms with van der Waals surface area (Å²) in [6.07, 6.45) is 0. The summed E-state index contributed by atoms with van der Waals surface area (Å²) in [6.45, 7) is 1.12. The van der Waals surface area contributed by atoms with E-state index in [1.54, 1.807) is 11.3 Å². The molecule has 1 aromatic carbocycles. The first-order chi connectivity index (χ1) is 8.36. The molecule has 3 aromatic rings. The van der Waals surface area contributed by atoms with Crippen LogP contribution in [0.25, 0.3) is 11.0 Å². The summed E-state index contributed by atoms with van der Waals surface area (Å²) >= 11 is 1.58. The average molecular weight is 245 g/mol. The maximum atomic E-state index is 5.54. The van der Waals surface area contributed by atoms with Gasteiger partial charge in [0.25, 0.3) is 0 Å². The van der Waals surface area contributed by atoms with Crippen molar-refractivity contribution in [2.75, 3.05) is 0 Å². The summed E-state index contributed by atoms with van der Waals surface area (Å²) in [6, 6.07) is 7.89.